The second-order valence-electron chi connectivity index (χ2n) is 3.56. The minimum Gasteiger partial charge on any atom is -0.496 e. The first-order valence-electron chi connectivity index (χ1n) is 5.06. The predicted molar refractivity (Wildman–Crippen MR) is 65.7 cm³/mol. The monoisotopic (exact) mass is 234 g/mol. The maximum atomic E-state index is 6.12. The average Bonchev–Trinajstić information content (AvgIpc) is 2.79. The molecule has 2 aromatic heterocycles. The first kappa shape index (κ1) is 11.1. The van der Waals surface area contributed by atoms with Crippen LogP contribution < -0.4 is 10.5 Å². The van der Waals surface area contributed by atoms with Crippen LogP contribution in [0.5, 0.6) is 5.75 Å². The van der Waals surface area contributed by atoms with Crippen molar-refractivity contribution < 1.29 is 4.74 Å². The molecule has 2 rings (SSSR count). The fourth-order valence-electron chi connectivity index (χ4n) is 1.51. The number of aromatic nitrogens is 1. The van der Waals surface area contributed by atoms with Crippen LogP contribution in [0.2, 0.25) is 0 Å². The summed E-state index contributed by atoms with van der Waals surface area (Å²) in [5.41, 5.74) is 7.28. The van der Waals surface area contributed by atoms with Crippen molar-refractivity contribution >= 4 is 11.3 Å². The summed E-state index contributed by atoms with van der Waals surface area (Å²) in [6, 6.07) is 5.97. The molecule has 1 atom stereocenters. The molecule has 3 nitrogen and oxygen atoms in total. The van der Waals surface area contributed by atoms with E-state index in [2.05, 4.69) is 4.98 Å². The average molecular weight is 234 g/mol. The Balaban J connectivity index is 2.05. The lowest BCUT2D eigenvalue weighted by atomic mass is 10.1. The third-order valence-corrected chi connectivity index (χ3v) is 3.42. The number of methoxy groups -OCH3 is 1. The lowest BCUT2D eigenvalue weighted by Crippen LogP contribution is -2.11. The molecule has 0 radical (unpaired) electrons. The Morgan fingerprint density at radius 1 is 1.56 bits per heavy atom. The van der Waals surface area contributed by atoms with Gasteiger partial charge in [-0.15, -0.1) is 11.3 Å². The van der Waals surface area contributed by atoms with Gasteiger partial charge in [0.05, 0.1) is 7.11 Å². The highest BCUT2D eigenvalue weighted by Gasteiger charge is 2.10. The van der Waals surface area contributed by atoms with Crippen molar-refractivity contribution in [1.29, 1.82) is 0 Å². The van der Waals surface area contributed by atoms with Crippen LogP contribution >= 0.6 is 11.3 Å². The van der Waals surface area contributed by atoms with Crippen LogP contribution in [-0.2, 0) is 6.42 Å². The van der Waals surface area contributed by atoms with E-state index < -0.39 is 0 Å². The molecule has 0 aromatic carbocycles. The van der Waals surface area contributed by atoms with Gasteiger partial charge in [-0.05, 0) is 24.1 Å². The molecule has 2 heterocycles. The van der Waals surface area contributed by atoms with Crippen LogP contribution in [0.3, 0.4) is 0 Å². The number of rotatable bonds is 4. The van der Waals surface area contributed by atoms with Crippen LogP contribution in [0, 0.1) is 0 Å². The third-order valence-electron chi connectivity index (χ3n) is 2.38. The van der Waals surface area contributed by atoms with Crippen molar-refractivity contribution in [1.82, 2.24) is 4.98 Å². The molecule has 0 fully saturated rings. The molecule has 0 saturated carbocycles. The number of thiophene rings is 1. The van der Waals surface area contributed by atoms with Gasteiger partial charge < -0.3 is 10.5 Å². The molecule has 0 aliphatic heterocycles. The van der Waals surface area contributed by atoms with Gasteiger partial charge in [0, 0.05) is 28.7 Å². The zero-order valence-electron chi connectivity index (χ0n) is 9.09. The summed E-state index contributed by atoms with van der Waals surface area (Å²) in [4.78, 5) is 5.22. The van der Waals surface area contributed by atoms with E-state index in [9.17, 15) is 0 Å². The maximum absolute atomic E-state index is 6.12. The summed E-state index contributed by atoms with van der Waals surface area (Å²) in [6.07, 6.45) is 4.42. The van der Waals surface area contributed by atoms with E-state index in [1.54, 1.807) is 24.6 Å². The minimum absolute atomic E-state index is 0.0121. The Kier molecular flexibility index (Phi) is 3.54. The summed E-state index contributed by atoms with van der Waals surface area (Å²) >= 11 is 1.63. The summed E-state index contributed by atoms with van der Waals surface area (Å²) in [5.74, 6) is 0.877. The van der Waals surface area contributed by atoms with E-state index >= 15 is 0 Å². The molecule has 2 N–H and O–H groups in total. The largest absolute Gasteiger partial charge is 0.496 e. The molecular weight excluding hydrogens is 220 g/mol. The van der Waals surface area contributed by atoms with E-state index in [4.69, 9.17) is 10.5 Å². The summed E-state index contributed by atoms with van der Waals surface area (Å²) < 4.78 is 5.14. The Labute approximate surface area is 98.9 Å². The third kappa shape index (κ3) is 2.59. The molecular formula is C12H14N2OS. The molecule has 84 valence electrons. The standard InChI is InChI=1S/C12H14N2OS/c1-15-10-6-12(16-8-10)11(13)5-9-3-2-4-14-7-9/h2-4,6-8,11H,5,13H2,1H3. The van der Waals surface area contributed by atoms with Crippen LogP contribution in [0.15, 0.2) is 36.0 Å². The first-order valence-corrected chi connectivity index (χ1v) is 5.94. The molecule has 4 heteroatoms. The number of hydrogen-bond donors (Lipinski definition) is 1. The van der Waals surface area contributed by atoms with Crippen molar-refractivity contribution in [2.45, 2.75) is 12.5 Å². The van der Waals surface area contributed by atoms with E-state index in [1.165, 1.54) is 0 Å². The quantitative estimate of drug-likeness (QED) is 0.883. The van der Waals surface area contributed by atoms with Gasteiger partial charge in [-0.25, -0.2) is 0 Å². The first-order chi connectivity index (χ1) is 7.79. The highest BCUT2D eigenvalue weighted by Crippen LogP contribution is 2.27. The van der Waals surface area contributed by atoms with Gasteiger partial charge in [0.2, 0.25) is 0 Å². The lowest BCUT2D eigenvalue weighted by molar-refractivity contribution is 0.416. The molecule has 2 aromatic rings. The topological polar surface area (TPSA) is 48.1 Å². The number of pyridine rings is 1. The number of nitrogens with zero attached hydrogens (tertiary/aromatic N) is 1. The number of nitrogens with two attached hydrogens (primary N) is 1. The summed E-state index contributed by atoms with van der Waals surface area (Å²) in [7, 11) is 1.67. The van der Waals surface area contributed by atoms with Gasteiger partial charge >= 0.3 is 0 Å². The SMILES string of the molecule is COc1csc(C(N)Cc2cccnc2)c1. The fraction of sp³-hybridized carbons (Fsp3) is 0.250. The van der Waals surface area contributed by atoms with E-state index in [0.717, 1.165) is 22.6 Å². The highest BCUT2D eigenvalue weighted by molar-refractivity contribution is 7.10. The van der Waals surface area contributed by atoms with Gasteiger partial charge in [-0.3, -0.25) is 4.98 Å². The molecule has 16 heavy (non-hydrogen) atoms. The molecule has 0 aliphatic rings. The van der Waals surface area contributed by atoms with Crippen molar-refractivity contribution in [2.75, 3.05) is 7.11 Å². The smallest absolute Gasteiger partial charge is 0.129 e. The van der Waals surface area contributed by atoms with Crippen molar-refractivity contribution in [2.24, 2.45) is 5.73 Å². The molecule has 0 spiro atoms. The Hall–Kier alpha value is -1.39. The molecule has 0 aliphatic carbocycles. The second kappa shape index (κ2) is 5.09. The predicted octanol–water partition coefficient (Wildman–Crippen LogP) is 2.39. The van der Waals surface area contributed by atoms with Gasteiger partial charge in [-0.2, -0.15) is 0 Å². The van der Waals surface area contributed by atoms with Crippen LogP contribution in [0.25, 0.3) is 0 Å². The molecule has 0 bridgehead atoms. The highest BCUT2D eigenvalue weighted by atomic mass is 32.1. The fourth-order valence-corrected chi connectivity index (χ4v) is 2.37. The molecule has 0 saturated heterocycles. The maximum Gasteiger partial charge on any atom is 0.129 e. The normalized spacial score (nSPS) is 12.4. The van der Waals surface area contributed by atoms with Gasteiger partial charge in [-0.1, -0.05) is 6.07 Å². The van der Waals surface area contributed by atoms with Crippen LogP contribution in [0.4, 0.5) is 0 Å². The minimum atomic E-state index is 0.0121. The Morgan fingerprint density at radius 3 is 3.06 bits per heavy atom. The van der Waals surface area contributed by atoms with Gasteiger partial charge in [0.25, 0.3) is 0 Å². The lowest BCUT2D eigenvalue weighted by Gasteiger charge is -2.08. The van der Waals surface area contributed by atoms with Crippen LogP contribution in [-0.4, -0.2) is 12.1 Å². The number of hydrogen-bond acceptors (Lipinski definition) is 4. The van der Waals surface area contributed by atoms with Crippen molar-refractivity contribution in [3.63, 3.8) is 0 Å². The zero-order valence-corrected chi connectivity index (χ0v) is 9.91. The van der Waals surface area contributed by atoms with E-state index in [0.29, 0.717) is 0 Å². The molecule has 1 unspecified atom stereocenters. The van der Waals surface area contributed by atoms with Crippen LogP contribution in [0.1, 0.15) is 16.5 Å². The second-order valence-corrected chi connectivity index (χ2v) is 4.50. The number of ether oxygens (including phenoxy) is 1. The molecule has 0 amide bonds. The van der Waals surface area contributed by atoms with E-state index in [1.807, 2.05) is 29.8 Å². The Bertz CT molecular complexity index is 441. The van der Waals surface area contributed by atoms with Crippen molar-refractivity contribution in [3.05, 3.63) is 46.4 Å². The van der Waals surface area contributed by atoms with Gasteiger partial charge in [0.1, 0.15) is 5.75 Å². The zero-order chi connectivity index (χ0) is 11.4. The van der Waals surface area contributed by atoms with E-state index in [-0.39, 0.29) is 6.04 Å². The van der Waals surface area contributed by atoms with Gasteiger partial charge in [0.15, 0.2) is 0 Å². The summed E-state index contributed by atoms with van der Waals surface area (Å²) in [5, 5.41) is 1.97. The summed E-state index contributed by atoms with van der Waals surface area (Å²) in [6.45, 7) is 0. The van der Waals surface area contributed by atoms with Crippen molar-refractivity contribution in [3.8, 4) is 5.75 Å². The Morgan fingerprint density at radius 2 is 2.44 bits per heavy atom.